The van der Waals surface area contributed by atoms with Gasteiger partial charge in [0.05, 0.1) is 11.4 Å². The SMILES string of the molecule is Cc1nnn(C)c1CN.Cl.Cl. The van der Waals surface area contributed by atoms with Gasteiger partial charge in [-0.25, -0.2) is 0 Å². The number of aryl methyl sites for hydroxylation is 2. The van der Waals surface area contributed by atoms with Crippen molar-refractivity contribution in [2.75, 3.05) is 0 Å². The van der Waals surface area contributed by atoms with Gasteiger partial charge in [-0.3, -0.25) is 4.68 Å². The van der Waals surface area contributed by atoms with Crippen LogP contribution in [0, 0.1) is 6.92 Å². The molecule has 4 nitrogen and oxygen atoms in total. The van der Waals surface area contributed by atoms with Crippen LogP contribution in [0.3, 0.4) is 0 Å². The van der Waals surface area contributed by atoms with Gasteiger partial charge in [-0.05, 0) is 6.92 Å². The summed E-state index contributed by atoms with van der Waals surface area (Å²) in [5.41, 5.74) is 7.31. The van der Waals surface area contributed by atoms with Gasteiger partial charge in [0.15, 0.2) is 0 Å². The van der Waals surface area contributed by atoms with E-state index in [0.717, 1.165) is 11.4 Å². The van der Waals surface area contributed by atoms with Crippen molar-refractivity contribution in [3.05, 3.63) is 11.4 Å². The third-order valence-corrected chi connectivity index (χ3v) is 1.33. The lowest BCUT2D eigenvalue weighted by Gasteiger charge is -1.93. The maximum atomic E-state index is 5.40. The highest BCUT2D eigenvalue weighted by atomic mass is 35.5. The van der Waals surface area contributed by atoms with Crippen LogP contribution in [0.5, 0.6) is 0 Å². The highest BCUT2D eigenvalue weighted by Gasteiger charge is 2.01. The molecule has 1 rings (SSSR count). The third kappa shape index (κ3) is 2.65. The molecule has 1 heterocycles. The minimum absolute atomic E-state index is 0. The molecular weight excluding hydrogens is 187 g/mol. The van der Waals surface area contributed by atoms with E-state index in [1.807, 2.05) is 14.0 Å². The van der Waals surface area contributed by atoms with Crippen LogP contribution < -0.4 is 5.73 Å². The second-order valence-corrected chi connectivity index (χ2v) is 1.95. The maximum absolute atomic E-state index is 5.40. The molecule has 1 aromatic heterocycles. The van der Waals surface area contributed by atoms with E-state index >= 15 is 0 Å². The molecule has 2 N–H and O–H groups in total. The topological polar surface area (TPSA) is 56.7 Å². The zero-order chi connectivity index (χ0) is 6.85. The van der Waals surface area contributed by atoms with Gasteiger partial charge >= 0.3 is 0 Å². The first kappa shape index (κ1) is 13.3. The molecule has 0 saturated carbocycles. The van der Waals surface area contributed by atoms with Crippen LogP contribution in [0.1, 0.15) is 11.4 Å². The van der Waals surface area contributed by atoms with Crippen molar-refractivity contribution in [2.45, 2.75) is 13.5 Å². The monoisotopic (exact) mass is 198 g/mol. The fraction of sp³-hybridized carbons (Fsp3) is 0.600. The number of rotatable bonds is 1. The van der Waals surface area contributed by atoms with Crippen LogP contribution in [0.25, 0.3) is 0 Å². The van der Waals surface area contributed by atoms with Crippen molar-refractivity contribution in [1.29, 1.82) is 0 Å². The summed E-state index contributed by atoms with van der Waals surface area (Å²) >= 11 is 0. The Kier molecular flexibility index (Phi) is 6.46. The molecule has 0 spiro atoms. The summed E-state index contributed by atoms with van der Waals surface area (Å²) in [5.74, 6) is 0. The van der Waals surface area contributed by atoms with Gasteiger partial charge in [-0.2, -0.15) is 0 Å². The van der Waals surface area contributed by atoms with Crippen molar-refractivity contribution >= 4 is 24.8 Å². The molecule has 0 aliphatic rings. The highest BCUT2D eigenvalue weighted by Crippen LogP contribution is 1.98. The fourth-order valence-corrected chi connectivity index (χ4v) is 0.760. The zero-order valence-electron chi connectivity index (χ0n) is 6.44. The Balaban J connectivity index is 0. The molecule has 0 bridgehead atoms. The van der Waals surface area contributed by atoms with Crippen molar-refractivity contribution in [1.82, 2.24) is 15.0 Å². The average molecular weight is 199 g/mol. The number of hydrogen-bond donors (Lipinski definition) is 1. The molecule has 0 aliphatic heterocycles. The lowest BCUT2D eigenvalue weighted by atomic mass is 10.3. The number of halogens is 2. The van der Waals surface area contributed by atoms with E-state index in [4.69, 9.17) is 5.73 Å². The van der Waals surface area contributed by atoms with Crippen molar-refractivity contribution in [3.63, 3.8) is 0 Å². The second-order valence-electron chi connectivity index (χ2n) is 1.95. The number of nitrogens with zero attached hydrogens (tertiary/aromatic N) is 3. The van der Waals surface area contributed by atoms with Gasteiger partial charge in [0, 0.05) is 13.6 Å². The number of nitrogens with two attached hydrogens (primary N) is 1. The van der Waals surface area contributed by atoms with Gasteiger partial charge < -0.3 is 5.73 Å². The van der Waals surface area contributed by atoms with Crippen LogP contribution in [0.2, 0.25) is 0 Å². The Hall–Kier alpha value is -0.320. The Morgan fingerprint density at radius 2 is 2.00 bits per heavy atom. The van der Waals surface area contributed by atoms with Gasteiger partial charge in [-0.1, -0.05) is 5.21 Å². The lowest BCUT2D eigenvalue weighted by molar-refractivity contribution is 0.678. The molecule has 1 aromatic rings. The zero-order valence-corrected chi connectivity index (χ0v) is 8.08. The van der Waals surface area contributed by atoms with E-state index in [1.54, 1.807) is 4.68 Å². The summed E-state index contributed by atoms with van der Waals surface area (Å²) in [7, 11) is 1.84. The molecule has 66 valence electrons. The molecule has 0 amide bonds. The molecule has 0 radical (unpaired) electrons. The Morgan fingerprint density at radius 1 is 1.45 bits per heavy atom. The van der Waals surface area contributed by atoms with E-state index in [1.165, 1.54) is 0 Å². The first-order valence-corrected chi connectivity index (χ1v) is 2.81. The molecular formula is C5H12Cl2N4. The van der Waals surface area contributed by atoms with Crippen LogP contribution >= 0.6 is 24.8 Å². The molecule has 6 heteroatoms. The van der Waals surface area contributed by atoms with Gasteiger partial charge in [0.2, 0.25) is 0 Å². The summed E-state index contributed by atoms with van der Waals surface area (Å²) < 4.78 is 1.69. The van der Waals surface area contributed by atoms with E-state index in [9.17, 15) is 0 Å². The Labute approximate surface area is 78.0 Å². The van der Waals surface area contributed by atoms with Crippen molar-refractivity contribution < 1.29 is 0 Å². The second kappa shape index (κ2) is 5.35. The summed E-state index contributed by atoms with van der Waals surface area (Å²) in [5, 5.41) is 7.59. The van der Waals surface area contributed by atoms with Crippen LogP contribution in [-0.4, -0.2) is 15.0 Å². The van der Waals surface area contributed by atoms with E-state index in [2.05, 4.69) is 10.3 Å². The van der Waals surface area contributed by atoms with Crippen LogP contribution in [0.15, 0.2) is 0 Å². The quantitative estimate of drug-likeness (QED) is 0.713. The summed E-state index contributed by atoms with van der Waals surface area (Å²) in [6.07, 6.45) is 0. The molecule has 0 saturated heterocycles. The van der Waals surface area contributed by atoms with Gasteiger partial charge in [0.1, 0.15) is 0 Å². The normalized spacial score (nSPS) is 8.27. The van der Waals surface area contributed by atoms with E-state index < -0.39 is 0 Å². The molecule has 0 fully saturated rings. The Bertz CT molecular complexity index is 191. The summed E-state index contributed by atoms with van der Waals surface area (Å²) in [6, 6.07) is 0. The standard InChI is InChI=1S/C5H10N4.2ClH/c1-4-5(3-6)9(2)8-7-4;;/h3,6H2,1-2H3;2*1H. The predicted octanol–water partition coefficient (Wildman–Crippen LogP) is 0.426. The van der Waals surface area contributed by atoms with Crippen LogP contribution in [-0.2, 0) is 13.6 Å². The van der Waals surface area contributed by atoms with Crippen molar-refractivity contribution in [2.24, 2.45) is 12.8 Å². The fourth-order valence-electron chi connectivity index (χ4n) is 0.760. The predicted molar refractivity (Wildman–Crippen MR) is 48.1 cm³/mol. The van der Waals surface area contributed by atoms with Gasteiger partial charge in [0.25, 0.3) is 0 Å². The highest BCUT2D eigenvalue weighted by molar-refractivity contribution is 5.85. The summed E-state index contributed by atoms with van der Waals surface area (Å²) in [4.78, 5) is 0. The largest absolute Gasteiger partial charge is 0.325 e. The van der Waals surface area contributed by atoms with Gasteiger partial charge in [-0.15, -0.1) is 29.9 Å². The number of aromatic nitrogens is 3. The molecule has 0 unspecified atom stereocenters. The maximum Gasteiger partial charge on any atom is 0.0841 e. The third-order valence-electron chi connectivity index (χ3n) is 1.33. The van der Waals surface area contributed by atoms with Crippen LogP contribution in [0.4, 0.5) is 0 Å². The minimum Gasteiger partial charge on any atom is -0.325 e. The first-order valence-electron chi connectivity index (χ1n) is 2.81. The summed E-state index contributed by atoms with van der Waals surface area (Å²) in [6.45, 7) is 2.41. The number of hydrogen-bond acceptors (Lipinski definition) is 3. The smallest absolute Gasteiger partial charge is 0.0841 e. The molecule has 0 aliphatic carbocycles. The molecule has 0 aromatic carbocycles. The minimum atomic E-state index is 0. The van der Waals surface area contributed by atoms with E-state index in [-0.39, 0.29) is 24.8 Å². The molecule has 11 heavy (non-hydrogen) atoms. The first-order chi connectivity index (χ1) is 4.25. The average Bonchev–Trinajstić information content (AvgIpc) is 2.12. The lowest BCUT2D eigenvalue weighted by Crippen LogP contribution is -2.05. The Morgan fingerprint density at radius 3 is 2.18 bits per heavy atom. The van der Waals surface area contributed by atoms with Crippen molar-refractivity contribution in [3.8, 4) is 0 Å². The molecule has 0 atom stereocenters. The van der Waals surface area contributed by atoms with E-state index in [0.29, 0.717) is 6.54 Å².